The van der Waals surface area contributed by atoms with Crippen molar-refractivity contribution in [2.24, 2.45) is 0 Å². The minimum absolute atomic E-state index is 0.117. The Bertz CT molecular complexity index is 1140. The van der Waals surface area contributed by atoms with E-state index in [0.717, 1.165) is 27.9 Å². The SMILES string of the molecule is COCCCN1C(=O)/C(=C/c2ccc(OCC(=O)Nc3c(C)cc(C)cc3C)c(OC)c2)SC1=S. The molecule has 35 heavy (non-hydrogen) atoms. The molecule has 0 atom stereocenters. The van der Waals surface area contributed by atoms with Crippen molar-refractivity contribution >= 4 is 51.9 Å². The summed E-state index contributed by atoms with van der Waals surface area (Å²) >= 11 is 6.64. The number of thioether (sulfide) groups is 1. The van der Waals surface area contributed by atoms with Crippen LogP contribution in [0.15, 0.2) is 35.2 Å². The first-order chi connectivity index (χ1) is 16.7. The van der Waals surface area contributed by atoms with E-state index >= 15 is 0 Å². The molecule has 186 valence electrons. The van der Waals surface area contributed by atoms with Gasteiger partial charge in [0.2, 0.25) is 0 Å². The molecular formula is C26H30N2O5S2. The van der Waals surface area contributed by atoms with Crippen LogP contribution in [0.25, 0.3) is 6.08 Å². The van der Waals surface area contributed by atoms with E-state index < -0.39 is 0 Å². The van der Waals surface area contributed by atoms with Crippen LogP contribution in [0.5, 0.6) is 11.5 Å². The molecule has 1 aliphatic rings. The van der Waals surface area contributed by atoms with Gasteiger partial charge < -0.3 is 19.5 Å². The van der Waals surface area contributed by atoms with Crippen molar-refractivity contribution in [2.75, 3.05) is 39.3 Å². The first kappa shape index (κ1) is 26.7. The van der Waals surface area contributed by atoms with E-state index in [1.807, 2.05) is 39.0 Å². The second kappa shape index (κ2) is 12.2. The highest BCUT2D eigenvalue weighted by atomic mass is 32.2. The third-order valence-corrected chi connectivity index (χ3v) is 6.77. The Labute approximate surface area is 215 Å². The van der Waals surface area contributed by atoms with Crippen LogP contribution in [0.4, 0.5) is 5.69 Å². The van der Waals surface area contributed by atoms with Crippen LogP contribution in [0.1, 0.15) is 28.7 Å². The molecule has 0 saturated carbocycles. The average molecular weight is 515 g/mol. The number of aryl methyl sites for hydroxylation is 3. The van der Waals surface area contributed by atoms with Gasteiger partial charge in [0.25, 0.3) is 11.8 Å². The normalized spacial score (nSPS) is 14.5. The fourth-order valence-corrected chi connectivity index (χ4v) is 5.11. The van der Waals surface area contributed by atoms with Gasteiger partial charge in [-0.2, -0.15) is 0 Å². The van der Waals surface area contributed by atoms with E-state index in [2.05, 4.69) is 5.32 Å². The third kappa shape index (κ3) is 6.84. The van der Waals surface area contributed by atoms with Gasteiger partial charge in [0.05, 0.1) is 12.0 Å². The summed E-state index contributed by atoms with van der Waals surface area (Å²) < 4.78 is 16.8. The number of amides is 2. The maximum absolute atomic E-state index is 12.7. The van der Waals surface area contributed by atoms with Crippen LogP contribution in [-0.4, -0.2) is 55.0 Å². The summed E-state index contributed by atoms with van der Waals surface area (Å²) in [6.07, 6.45) is 2.49. The Morgan fingerprint density at radius 2 is 1.83 bits per heavy atom. The average Bonchev–Trinajstić information content (AvgIpc) is 3.07. The molecule has 3 rings (SSSR count). The minimum atomic E-state index is -0.261. The van der Waals surface area contributed by atoms with Gasteiger partial charge in [-0.1, -0.05) is 47.7 Å². The molecule has 1 aliphatic heterocycles. The second-order valence-electron chi connectivity index (χ2n) is 8.20. The largest absolute Gasteiger partial charge is 0.493 e. The van der Waals surface area contributed by atoms with E-state index in [9.17, 15) is 9.59 Å². The van der Waals surface area contributed by atoms with Gasteiger partial charge in [-0.15, -0.1) is 0 Å². The van der Waals surface area contributed by atoms with E-state index in [-0.39, 0.29) is 18.4 Å². The quantitative estimate of drug-likeness (QED) is 0.275. The predicted molar refractivity (Wildman–Crippen MR) is 144 cm³/mol. The number of ether oxygens (including phenoxy) is 3. The number of hydrogen-bond donors (Lipinski definition) is 1. The van der Waals surface area contributed by atoms with Gasteiger partial charge in [-0.3, -0.25) is 14.5 Å². The predicted octanol–water partition coefficient (Wildman–Crippen LogP) is 4.88. The molecule has 0 spiro atoms. The molecular weight excluding hydrogens is 484 g/mol. The molecule has 1 fully saturated rings. The molecule has 2 aromatic carbocycles. The zero-order valence-electron chi connectivity index (χ0n) is 20.6. The number of hydrogen-bond acceptors (Lipinski definition) is 7. The van der Waals surface area contributed by atoms with Crippen LogP contribution in [0.3, 0.4) is 0 Å². The number of rotatable bonds is 10. The zero-order valence-corrected chi connectivity index (χ0v) is 22.2. The van der Waals surface area contributed by atoms with E-state index in [1.165, 1.54) is 18.9 Å². The number of carbonyl (C=O) groups excluding carboxylic acids is 2. The van der Waals surface area contributed by atoms with Crippen molar-refractivity contribution in [2.45, 2.75) is 27.2 Å². The fourth-order valence-electron chi connectivity index (χ4n) is 3.80. The lowest BCUT2D eigenvalue weighted by molar-refractivity contribution is -0.122. The Morgan fingerprint density at radius 3 is 2.49 bits per heavy atom. The summed E-state index contributed by atoms with van der Waals surface area (Å²) in [7, 11) is 3.16. The molecule has 7 nitrogen and oxygen atoms in total. The summed E-state index contributed by atoms with van der Waals surface area (Å²) in [6, 6.07) is 9.34. The lowest BCUT2D eigenvalue weighted by atomic mass is 10.1. The molecule has 0 aliphatic carbocycles. The van der Waals surface area contributed by atoms with Gasteiger partial charge in [-0.05, 0) is 62.1 Å². The fraction of sp³-hybridized carbons (Fsp3) is 0.346. The highest BCUT2D eigenvalue weighted by Crippen LogP contribution is 2.35. The summed E-state index contributed by atoms with van der Waals surface area (Å²) in [5.41, 5.74) is 4.71. The molecule has 1 N–H and O–H groups in total. The number of methoxy groups -OCH3 is 2. The number of anilines is 1. The summed E-state index contributed by atoms with van der Waals surface area (Å²) in [6.45, 7) is 6.88. The molecule has 2 aromatic rings. The van der Waals surface area contributed by atoms with Crippen LogP contribution in [-0.2, 0) is 14.3 Å². The Morgan fingerprint density at radius 1 is 1.11 bits per heavy atom. The van der Waals surface area contributed by atoms with Crippen LogP contribution < -0.4 is 14.8 Å². The number of benzene rings is 2. The smallest absolute Gasteiger partial charge is 0.266 e. The topological polar surface area (TPSA) is 77.1 Å². The molecule has 0 bridgehead atoms. The van der Waals surface area contributed by atoms with Gasteiger partial charge in [0.15, 0.2) is 18.1 Å². The summed E-state index contributed by atoms with van der Waals surface area (Å²) in [5, 5.41) is 2.93. The number of nitrogens with zero attached hydrogens (tertiary/aromatic N) is 1. The Hall–Kier alpha value is -2.88. The second-order valence-corrected chi connectivity index (χ2v) is 9.88. The Kier molecular flexibility index (Phi) is 9.31. The molecule has 0 aromatic heterocycles. The van der Waals surface area contributed by atoms with E-state index in [1.54, 1.807) is 30.2 Å². The molecule has 1 heterocycles. The molecule has 2 amide bonds. The van der Waals surface area contributed by atoms with E-state index in [0.29, 0.717) is 40.3 Å². The minimum Gasteiger partial charge on any atom is -0.493 e. The van der Waals surface area contributed by atoms with Crippen LogP contribution in [0.2, 0.25) is 0 Å². The number of nitrogens with one attached hydrogen (secondary N) is 1. The van der Waals surface area contributed by atoms with Crippen molar-refractivity contribution in [3.8, 4) is 11.5 Å². The zero-order chi connectivity index (χ0) is 25.5. The Balaban J connectivity index is 1.66. The summed E-state index contributed by atoms with van der Waals surface area (Å²) in [4.78, 5) is 27.4. The summed E-state index contributed by atoms with van der Waals surface area (Å²) in [5.74, 6) is 0.520. The first-order valence-corrected chi connectivity index (χ1v) is 12.4. The van der Waals surface area contributed by atoms with Gasteiger partial charge >= 0.3 is 0 Å². The molecule has 9 heteroatoms. The maximum Gasteiger partial charge on any atom is 0.266 e. The standard InChI is InChI=1S/C26H30N2O5S2/c1-16-11-17(2)24(18(3)12-16)27-23(29)15-33-20-8-7-19(13-21(20)32-5)14-22-25(30)28(26(34)35-22)9-6-10-31-4/h7-8,11-14H,6,9-10,15H2,1-5H3,(H,27,29)/b22-14-. The van der Waals surface area contributed by atoms with Crippen LogP contribution in [0, 0.1) is 20.8 Å². The van der Waals surface area contributed by atoms with Crippen molar-refractivity contribution in [3.63, 3.8) is 0 Å². The first-order valence-electron chi connectivity index (χ1n) is 11.2. The third-order valence-electron chi connectivity index (χ3n) is 5.39. The van der Waals surface area contributed by atoms with E-state index in [4.69, 9.17) is 26.4 Å². The molecule has 0 unspecified atom stereocenters. The highest BCUT2D eigenvalue weighted by molar-refractivity contribution is 8.26. The molecule has 0 radical (unpaired) electrons. The van der Waals surface area contributed by atoms with Crippen molar-refractivity contribution in [1.29, 1.82) is 0 Å². The lowest BCUT2D eigenvalue weighted by Crippen LogP contribution is -2.29. The number of carbonyl (C=O) groups is 2. The van der Waals surface area contributed by atoms with Gasteiger partial charge in [-0.25, -0.2) is 0 Å². The lowest BCUT2D eigenvalue weighted by Gasteiger charge is -2.14. The monoisotopic (exact) mass is 514 g/mol. The van der Waals surface area contributed by atoms with Crippen molar-refractivity contribution in [1.82, 2.24) is 4.90 Å². The van der Waals surface area contributed by atoms with Crippen molar-refractivity contribution in [3.05, 3.63) is 57.5 Å². The maximum atomic E-state index is 12.7. The van der Waals surface area contributed by atoms with Crippen LogP contribution >= 0.6 is 24.0 Å². The molecule has 1 saturated heterocycles. The highest BCUT2D eigenvalue weighted by Gasteiger charge is 2.31. The van der Waals surface area contributed by atoms with Gasteiger partial charge in [0, 0.05) is 25.9 Å². The van der Waals surface area contributed by atoms with Gasteiger partial charge in [0.1, 0.15) is 4.32 Å². The number of thiocarbonyl (C=S) groups is 1. The van der Waals surface area contributed by atoms with Crippen molar-refractivity contribution < 1.29 is 23.8 Å².